The molecule has 1 aromatic carbocycles. The summed E-state index contributed by atoms with van der Waals surface area (Å²) in [7, 11) is 2.89. The summed E-state index contributed by atoms with van der Waals surface area (Å²) in [5.74, 6) is -4.52. The molecule has 6 atom stereocenters. The third-order valence-electron chi connectivity index (χ3n) is 9.52. The van der Waals surface area contributed by atoms with Crippen LogP contribution in [0.3, 0.4) is 0 Å². The second-order valence-electron chi connectivity index (χ2n) is 14.6. The van der Waals surface area contributed by atoms with Gasteiger partial charge in [-0.05, 0) is 63.4 Å². The van der Waals surface area contributed by atoms with E-state index in [1.807, 2.05) is 39.0 Å². The number of esters is 2. The quantitative estimate of drug-likeness (QED) is 0.353. The first-order valence-corrected chi connectivity index (χ1v) is 19.0. The van der Waals surface area contributed by atoms with Crippen LogP contribution in [0.5, 0.6) is 0 Å². The number of hydrogen-bond acceptors (Lipinski definition) is 9. The zero-order valence-corrected chi connectivity index (χ0v) is 33.4. The minimum absolute atomic E-state index is 0.0173. The summed E-state index contributed by atoms with van der Waals surface area (Å²) in [5, 5.41) is 8.13. The van der Waals surface area contributed by atoms with Gasteiger partial charge in [0.2, 0.25) is 23.6 Å². The molecule has 1 heterocycles. The Morgan fingerprint density at radius 2 is 1.54 bits per heavy atom. The Morgan fingerprint density at radius 1 is 0.870 bits per heavy atom. The van der Waals surface area contributed by atoms with Gasteiger partial charge in [-0.3, -0.25) is 24.0 Å². The Morgan fingerprint density at radius 3 is 2.15 bits per heavy atom. The molecule has 300 valence electrons. The van der Waals surface area contributed by atoms with Gasteiger partial charge in [0.15, 0.2) is 6.10 Å². The molecule has 0 aliphatic carbocycles. The molecule has 14 nitrogen and oxygen atoms in total. The Labute approximate surface area is 320 Å². The van der Waals surface area contributed by atoms with Crippen molar-refractivity contribution in [1.29, 1.82) is 0 Å². The lowest BCUT2D eigenvalue weighted by atomic mass is 9.97. The summed E-state index contributed by atoms with van der Waals surface area (Å²) in [4.78, 5) is 96.6. The van der Waals surface area contributed by atoms with Gasteiger partial charge in [-0.25, -0.2) is 9.59 Å². The van der Waals surface area contributed by atoms with Crippen molar-refractivity contribution in [2.75, 3.05) is 27.2 Å². The van der Waals surface area contributed by atoms with Gasteiger partial charge in [0.05, 0.1) is 13.2 Å². The van der Waals surface area contributed by atoms with Crippen molar-refractivity contribution in [3.63, 3.8) is 0 Å². The van der Waals surface area contributed by atoms with Crippen LogP contribution in [-0.4, -0.2) is 109 Å². The SMILES string of the molecule is CCC(C)C1NC(=O)CN(C)C(=O)[C@@H](Cc2ccccc2)N(C)C(=O)[C@H](C)NC(=O)[C@@H](CC(C)C)OC(=O)/C(C)=C/CCCCOC(=O)[C@H](CC)NC1=O. The molecule has 1 aliphatic heterocycles. The molecule has 3 N–H and O–H groups in total. The number of carbonyl (C=O) groups is 7. The number of nitrogens with zero attached hydrogens (tertiary/aromatic N) is 2. The third-order valence-corrected chi connectivity index (χ3v) is 9.52. The van der Waals surface area contributed by atoms with Gasteiger partial charge in [0, 0.05) is 26.1 Å². The highest BCUT2D eigenvalue weighted by atomic mass is 16.5. The van der Waals surface area contributed by atoms with E-state index in [4.69, 9.17) is 9.47 Å². The van der Waals surface area contributed by atoms with Crippen LogP contribution in [0.4, 0.5) is 0 Å². The van der Waals surface area contributed by atoms with E-state index in [1.165, 1.54) is 30.8 Å². The van der Waals surface area contributed by atoms with Crippen LogP contribution in [0.25, 0.3) is 0 Å². The van der Waals surface area contributed by atoms with Crippen LogP contribution in [0.2, 0.25) is 0 Å². The topological polar surface area (TPSA) is 181 Å². The highest BCUT2D eigenvalue weighted by Crippen LogP contribution is 2.16. The van der Waals surface area contributed by atoms with Gasteiger partial charge in [0.25, 0.3) is 5.91 Å². The predicted molar refractivity (Wildman–Crippen MR) is 203 cm³/mol. The zero-order valence-electron chi connectivity index (χ0n) is 33.4. The van der Waals surface area contributed by atoms with Crippen molar-refractivity contribution in [2.24, 2.45) is 11.8 Å². The van der Waals surface area contributed by atoms with E-state index in [2.05, 4.69) is 16.0 Å². The summed E-state index contributed by atoms with van der Waals surface area (Å²) in [6, 6.07) is 4.96. The summed E-state index contributed by atoms with van der Waals surface area (Å²) in [6.07, 6.45) is 3.23. The fourth-order valence-electron chi connectivity index (χ4n) is 5.89. The van der Waals surface area contributed by atoms with Crippen molar-refractivity contribution >= 4 is 41.5 Å². The maximum Gasteiger partial charge on any atom is 0.334 e. The minimum atomic E-state index is -1.17. The highest BCUT2D eigenvalue weighted by molar-refractivity contribution is 5.96. The van der Waals surface area contributed by atoms with Crippen molar-refractivity contribution in [1.82, 2.24) is 25.8 Å². The van der Waals surface area contributed by atoms with Crippen molar-refractivity contribution in [3.8, 4) is 0 Å². The third kappa shape index (κ3) is 14.2. The largest absolute Gasteiger partial charge is 0.464 e. The molecule has 2 rings (SSSR count). The lowest BCUT2D eigenvalue weighted by Crippen LogP contribution is -2.57. The summed E-state index contributed by atoms with van der Waals surface area (Å²) >= 11 is 0. The van der Waals surface area contributed by atoms with Crippen LogP contribution in [0, 0.1) is 11.8 Å². The Balaban J connectivity index is 2.48. The molecule has 5 amide bonds. The first-order chi connectivity index (χ1) is 25.5. The number of carbonyl (C=O) groups excluding carboxylic acids is 7. The van der Waals surface area contributed by atoms with Gasteiger partial charge in [0.1, 0.15) is 24.2 Å². The maximum absolute atomic E-state index is 14.0. The second kappa shape index (κ2) is 22.5. The number of cyclic esters (lactones) is 2. The standard InChI is InChI=1S/C40H61N5O9/c1-10-26(5)34-36(48)42-30(11-2)40(52)53-21-17-13-14-18-27(6)39(51)54-32(22-25(3)4)35(47)41-28(7)37(49)45(9)31(23-29-19-15-12-16-20-29)38(50)44(8)24-33(46)43-34/h12,15-16,18-20,25-26,28,30-32,34H,10-11,13-14,17,21-24H2,1-9H3,(H,41,47)(H,42,48)(H,43,46)/b27-18+/t26?,28-,30-,31+,32+,34?/m0/s1. The molecule has 0 saturated carbocycles. The first-order valence-electron chi connectivity index (χ1n) is 19.0. The highest BCUT2D eigenvalue weighted by Gasteiger charge is 2.35. The van der Waals surface area contributed by atoms with E-state index in [9.17, 15) is 33.6 Å². The smallest absolute Gasteiger partial charge is 0.334 e. The monoisotopic (exact) mass is 755 g/mol. The number of likely N-dealkylation sites (N-methyl/N-ethyl adjacent to an activating group) is 2. The lowest BCUT2D eigenvalue weighted by molar-refractivity contribution is -0.154. The molecule has 0 aromatic heterocycles. The van der Waals surface area contributed by atoms with Gasteiger partial charge >= 0.3 is 11.9 Å². The number of allylic oxidation sites excluding steroid dienone is 1. The number of ether oxygens (including phenoxy) is 2. The average molecular weight is 756 g/mol. The fraction of sp³-hybridized carbons (Fsp3) is 0.625. The molecular weight excluding hydrogens is 694 g/mol. The fourth-order valence-corrected chi connectivity index (χ4v) is 5.89. The molecule has 0 radical (unpaired) electrons. The summed E-state index contributed by atoms with van der Waals surface area (Å²) in [5.41, 5.74) is 1.07. The van der Waals surface area contributed by atoms with Gasteiger partial charge in [-0.2, -0.15) is 0 Å². The molecule has 1 aromatic rings. The van der Waals surface area contributed by atoms with E-state index in [0.29, 0.717) is 31.3 Å². The van der Waals surface area contributed by atoms with E-state index in [0.717, 1.165) is 5.56 Å². The van der Waals surface area contributed by atoms with Gasteiger partial charge < -0.3 is 35.2 Å². The maximum atomic E-state index is 14.0. The Kier molecular flexibility index (Phi) is 18.9. The molecule has 1 aliphatic rings. The molecular formula is C40H61N5O9. The van der Waals surface area contributed by atoms with Crippen molar-refractivity contribution < 1.29 is 43.0 Å². The molecule has 2 unspecified atom stereocenters. The minimum Gasteiger partial charge on any atom is -0.464 e. The average Bonchev–Trinajstić information content (AvgIpc) is 3.14. The molecule has 0 fully saturated rings. The number of amides is 5. The van der Waals surface area contributed by atoms with E-state index in [1.54, 1.807) is 39.0 Å². The van der Waals surface area contributed by atoms with Crippen LogP contribution in [-0.2, 0) is 49.5 Å². The number of rotatable bonds is 7. The molecule has 14 heteroatoms. The predicted octanol–water partition coefficient (Wildman–Crippen LogP) is 3.08. The molecule has 0 spiro atoms. The van der Waals surface area contributed by atoms with Crippen LogP contribution < -0.4 is 16.0 Å². The Bertz CT molecular complexity index is 1480. The van der Waals surface area contributed by atoms with E-state index in [-0.39, 0.29) is 37.7 Å². The van der Waals surface area contributed by atoms with Crippen LogP contribution in [0.1, 0.15) is 92.6 Å². The van der Waals surface area contributed by atoms with Gasteiger partial charge in [-0.1, -0.05) is 77.4 Å². The number of nitrogens with one attached hydrogen (secondary N) is 3. The van der Waals surface area contributed by atoms with Gasteiger partial charge in [-0.15, -0.1) is 0 Å². The van der Waals surface area contributed by atoms with Crippen LogP contribution >= 0.6 is 0 Å². The molecule has 54 heavy (non-hydrogen) atoms. The number of hydrogen-bond donors (Lipinski definition) is 3. The van der Waals surface area contributed by atoms with Crippen molar-refractivity contribution in [2.45, 2.75) is 124 Å². The van der Waals surface area contributed by atoms with Crippen molar-refractivity contribution in [3.05, 3.63) is 47.5 Å². The summed E-state index contributed by atoms with van der Waals surface area (Å²) < 4.78 is 11.1. The summed E-state index contributed by atoms with van der Waals surface area (Å²) in [6.45, 7) is 11.9. The van der Waals surface area contributed by atoms with Crippen LogP contribution in [0.15, 0.2) is 42.0 Å². The second-order valence-corrected chi connectivity index (χ2v) is 14.6. The van der Waals surface area contributed by atoms with E-state index < -0.39 is 78.3 Å². The van der Waals surface area contributed by atoms with E-state index >= 15 is 0 Å². The number of benzene rings is 1. The zero-order chi connectivity index (χ0) is 40.5. The molecule has 0 bridgehead atoms. The molecule has 0 saturated heterocycles. The lowest BCUT2D eigenvalue weighted by Gasteiger charge is -2.33. The Hall–Kier alpha value is -4.75. The first kappa shape index (κ1) is 45.4. The normalized spacial score (nSPS) is 25.9.